The number of urea groups is 1. The van der Waals surface area contributed by atoms with E-state index in [1.54, 1.807) is 13.8 Å². The van der Waals surface area contributed by atoms with E-state index in [-0.39, 0.29) is 22.6 Å². The molecule has 0 aliphatic carbocycles. The summed E-state index contributed by atoms with van der Waals surface area (Å²) in [6.45, 7) is 4.35. The number of ether oxygens (including phenoxy) is 2. The average molecular weight is 355 g/mol. The Kier molecular flexibility index (Phi) is 6.14. The van der Waals surface area contributed by atoms with Gasteiger partial charge in [-0.05, 0) is 32.0 Å². The first-order valence-corrected chi connectivity index (χ1v) is 7.57. The van der Waals surface area contributed by atoms with Crippen molar-refractivity contribution in [3.05, 3.63) is 35.2 Å². The lowest BCUT2D eigenvalue weighted by Gasteiger charge is -2.12. The van der Waals surface area contributed by atoms with E-state index in [0.29, 0.717) is 18.9 Å². The Hall–Kier alpha value is -2.61. The van der Waals surface area contributed by atoms with E-state index in [4.69, 9.17) is 21.1 Å². The second kappa shape index (κ2) is 8.30. The molecule has 0 spiro atoms. The minimum absolute atomic E-state index is 0.0906. The number of hydrogen-bond donors (Lipinski definition) is 2. The molecule has 0 radical (unpaired) electrons. The summed E-state index contributed by atoms with van der Waals surface area (Å²) in [6, 6.07) is 3.42. The molecular formula is C15H16ClFN4O3. The van der Waals surface area contributed by atoms with Crippen LogP contribution in [0, 0.1) is 5.82 Å². The van der Waals surface area contributed by atoms with E-state index >= 15 is 0 Å². The Labute approximate surface area is 143 Å². The zero-order chi connectivity index (χ0) is 17.5. The molecule has 1 aromatic heterocycles. The van der Waals surface area contributed by atoms with Crippen LogP contribution in [-0.2, 0) is 0 Å². The third-order valence-corrected chi connectivity index (χ3v) is 3.00. The van der Waals surface area contributed by atoms with Gasteiger partial charge >= 0.3 is 12.0 Å². The van der Waals surface area contributed by atoms with Crippen molar-refractivity contribution in [2.45, 2.75) is 13.8 Å². The number of anilines is 2. The number of amides is 2. The maximum atomic E-state index is 13.1. The Balaban J connectivity index is 2.10. The lowest BCUT2D eigenvalue weighted by atomic mass is 10.3. The van der Waals surface area contributed by atoms with Gasteiger partial charge in [-0.15, -0.1) is 0 Å². The molecule has 7 nitrogen and oxygen atoms in total. The number of hydrogen-bond acceptors (Lipinski definition) is 5. The second-order valence-corrected chi connectivity index (χ2v) is 4.85. The molecule has 0 saturated carbocycles. The summed E-state index contributed by atoms with van der Waals surface area (Å²) in [7, 11) is 0. The monoisotopic (exact) mass is 354 g/mol. The third kappa shape index (κ3) is 4.69. The van der Waals surface area contributed by atoms with E-state index in [9.17, 15) is 9.18 Å². The summed E-state index contributed by atoms with van der Waals surface area (Å²) < 4.78 is 23.7. The molecule has 2 aromatic rings. The number of carbonyl (C=O) groups excluding carboxylic acids is 1. The normalized spacial score (nSPS) is 10.2. The van der Waals surface area contributed by atoms with Crippen molar-refractivity contribution in [2.24, 2.45) is 0 Å². The molecule has 2 N–H and O–H groups in total. The van der Waals surface area contributed by atoms with Gasteiger partial charge in [0.15, 0.2) is 0 Å². The van der Waals surface area contributed by atoms with Crippen molar-refractivity contribution in [2.75, 3.05) is 23.8 Å². The molecule has 1 aromatic carbocycles. The standard InChI is InChI=1S/C15H16ClFN4O3/c1-3-23-13-12(8-18-15(21-13)24-4-2)20-14(22)19-9-5-6-11(17)10(16)7-9/h5-8H,3-4H2,1-2H3,(H2,19,20,22). The van der Waals surface area contributed by atoms with Gasteiger partial charge in [-0.1, -0.05) is 11.6 Å². The summed E-state index contributed by atoms with van der Waals surface area (Å²) in [6.07, 6.45) is 1.38. The smallest absolute Gasteiger partial charge is 0.323 e. The topological polar surface area (TPSA) is 85.4 Å². The van der Waals surface area contributed by atoms with Gasteiger partial charge in [0.2, 0.25) is 5.88 Å². The highest BCUT2D eigenvalue weighted by Gasteiger charge is 2.13. The maximum Gasteiger partial charge on any atom is 0.323 e. The zero-order valence-electron chi connectivity index (χ0n) is 13.1. The van der Waals surface area contributed by atoms with Gasteiger partial charge in [-0.2, -0.15) is 4.98 Å². The van der Waals surface area contributed by atoms with Crippen LogP contribution >= 0.6 is 11.6 Å². The fourth-order valence-electron chi connectivity index (χ4n) is 1.74. The summed E-state index contributed by atoms with van der Waals surface area (Å²) in [5.41, 5.74) is 0.606. The van der Waals surface area contributed by atoms with Crippen molar-refractivity contribution < 1.29 is 18.7 Å². The van der Waals surface area contributed by atoms with Gasteiger partial charge in [0.1, 0.15) is 11.5 Å². The number of nitrogens with one attached hydrogen (secondary N) is 2. The van der Waals surface area contributed by atoms with E-state index < -0.39 is 11.8 Å². The van der Waals surface area contributed by atoms with Crippen LogP contribution in [0.25, 0.3) is 0 Å². The number of nitrogens with zero attached hydrogens (tertiary/aromatic N) is 2. The van der Waals surface area contributed by atoms with E-state index in [2.05, 4.69) is 20.6 Å². The van der Waals surface area contributed by atoms with Gasteiger partial charge in [0, 0.05) is 5.69 Å². The van der Waals surface area contributed by atoms with Crippen LogP contribution in [-0.4, -0.2) is 29.2 Å². The Bertz CT molecular complexity index is 730. The highest BCUT2D eigenvalue weighted by Crippen LogP contribution is 2.24. The predicted molar refractivity (Wildman–Crippen MR) is 88.4 cm³/mol. The van der Waals surface area contributed by atoms with Gasteiger partial charge in [-0.3, -0.25) is 0 Å². The molecule has 9 heteroatoms. The molecule has 24 heavy (non-hydrogen) atoms. The Morgan fingerprint density at radius 2 is 2.00 bits per heavy atom. The first-order chi connectivity index (χ1) is 11.5. The lowest BCUT2D eigenvalue weighted by molar-refractivity contribution is 0.261. The van der Waals surface area contributed by atoms with Crippen LogP contribution in [0.1, 0.15) is 13.8 Å². The zero-order valence-corrected chi connectivity index (χ0v) is 13.9. The fraction of sp³-hybridized carbons (Fsp3) is 0.267. The second-order valence-electron chi connectivity index (χ2n) is 4.45. The molecule has 0 aliphatic rings. The summed E-state index contributed by atoms with van der Waals surface area (Å²) >= 11 is 5.67. The number of benzene rings is 1. The molecular weight excluding hydrogens is 339 g/mol. The molecule has 2 rings (SSSR count). The van der Waals surface area contributed by atoms with E-state index in [1.165, 1.54) is 18.3 Å². The molecule has 2 amide bonds. The van der Waals surface area contributed by atoms with Crippen LogP contribution < -0.4 is 20.1 Å². The molecule has 0 saturated heterocycles. The molecule has 0 aliphatic heterocycles. The fourth-order valence-corrected chi connectivity index (χ4v) is 1.92. The average Bonchev–Trinajstić information content (AvgIpc) is 2.54. The van der Waals surface area contributed by atoms with Gasteiger partial charge in [0.05, 0.1) is 24.4 Å². The summed E-state index contributed by atoms with van der Waals surface area (Å²) in [4.78, 5) is 20.1. The van der Waals surface area contributed by atoms with Crippen molar-refractivity contribution in [1.82, 2.24) is 9.97 Å². The molecule has 0 unspecified atom stereocenters. The molecule has 0 bridgehead atoms. The SMILES string of the molecule is CCOc1ncc(NC(=O)Nc2ccc(F)c(Cl)c2)c(OCC)n1. The highest BCUT2D eigenvalue weighted by atomic mass is 35.5. The van der Waals surface area contributed by atoms with Crippen molar-refractivity contribution in [3.8, 4) is 11.9 Å². The van der Waals surface area contributed by atoms with Crippen LogP contribution in [0.3, 0.4) is 0 Å². The predicted octanol–water partition coefficient (Wildman–Crippen LogP) is 3.71. The Morgan fingerprint density at radius 1 is 1.25 bits per heavy atom. The highest BCUT2D eigenvalue weighted by molar-refractivity contribution is 6.31. The van der Waals surface area contributed by atoms with Crippen LogP contribution in [0.2, 0.25) is 5.02 Å². The maximum absolute atomic E-state index is 13.1. The first-order valence-electron chi connectivity index (χ1n) is 7.19. The van der Waals surface area contributed by atoms with Gasteiger partial charge < -0.3 is 20.1 Å². The third-order valence-electron chi connectivity index (χ3n) is 2.71. The summed E-state index contributed by atoms with van der Waals surface area (Å²) in [5.74, 6) is -0.385. The number of rotatable bonds is 6. The minimum atomic E-state index is -0.577. The molecule has 1 heterocycles. The first kappa shape index (κ1) is 17.7. The van der Waals surface area contributed by atoms with E-state index in [1.807, 2.05) is 0 Å². The number of aromatic nitrogens is 2. The largest absolute Gasteiger partial charge is 0.476 e. The lowest BCUT2D eigenvalue weighted by Crippen LogP contribution is -2.20. The number of halogens is 2. The van der Waals surface area contributed by atoms with E-state index in [0.717, 1.165) is 6.07 Å². The van der Waals surface area contributed by atoms with Crippen molar-refractivity contribution >= 4 is 29.0 Å². The molecule has 0 atom stereocenters. The van der Waals surface area contributed by atoms with Crippen LogP contribution in [0.15, 0.2) is 24.4 Å². The van der Waals surface area contributed by atoms with Crippen LogP contribution in [0.4, 0.5) is 20.6 Å². The van der Waals surface area contributed by atoms with Crippen molar-refractivity contribution in [3.63, 3.8) is 0 Å². The quantitative estimate of drug-likeness (QED) is 0.826. The number of carbonyl (C=O) groups is 1. The molecule has 128 valence electrons. The van der Waals surface area contributed by atoms with Crippen molar-refractivity contribution in [1.29, 1.82) is 0 Å². The van der Waals surface area contributed by atoms with Gasteiger partial charge in [0.25, 0.3) is 0 Å². The summed E-state index contributed by atoms with van der Waals surface area (Å²) in [5, 5.41) is 4.99. The Morgan fingerprint density at radius 3 is 2.67 bits per heavy atom. The minimum Gasteiger partial charge on any atom is -0.476 e. The van der Waals surface area contributed by atoms with Crippen LogP contribution in [0.5, 0.6) is 11.9 Å². The van der Waals surface area contributed by atoms with Gasteiger partial charge in [-0.25, -0.2) is 14.2 Å². The molecule has 0 fully saturated rings.